The molecular weight excluding hydrogens is 359 g/mol. The summed E-state index contributed by atoms with van der Waals surface area (Å²) >= 11 is 3.48. The third-order valence-corrected chi connectivity index (χ3v) is 4.38. The first-order chi connectivity index (χ1) is 11.1. The van der Waals surface area contributed by atoms with Crippen molar-refractivity contribution in [3.8, 4) is 0 Å². The summed E-state index contributed by atoms with van der Waals surface area (Å²) in [6.07, 6.45) is 1.64. The van der Waals surface area contributed by atoms with Crippen LogP contribution in [0.3, 0.4) is 0 Å². The quantitative estimate of drug-likeness (QED) is 0.518. The maximum Gasteiger partial charge on any atom is 0.163 e. The van der Waals surface area contributed by atoms with Crippen molar-refractivity contribution in [2.24, 2.45) is 0 Å². The Morgan fingerprint density at radius 2 is 2.00 bits per heavy atom. The van der Waals surface area contributed by atoms with E-state index in [1.54, 1.807) is 18.5 Å². The topological polar surface area (TPSA) is 33.4 Å². The standard InChI is InChI=1S/C17H12BrFN4/c1-22(13-4-2-3-11(18)7-13)16-9-17-21-20-10-23(17)15-6-5-12(19)8-14(15)16/h2-10H,1H3. The highest BCUT2D eigenvalue weighted by Crippen LogP contribution is 2.33. The molecule has 6 heteroatoms. The van der Waals surface area contributed by atoms with Crippen LogP contribution in [0.5, 0.6) is 0 Å². The summed E-state index contributed by atoms with van der Waals surface area (Å²) < 4.78 is 16.6. The number of rotatable bonds is 2. The number of benzene rings is 2. The number of nitrogens with zero attached hydrogens (tertiary/aromatic N) is 4. The van der Waals surface area contributed by atoms with Gasteiger partial charge in [-0.25, -0.2) is 4.39 Å². The lowest BCUT2D eigenvalue weighted by molar-refractivity contribution is 0.629. The van der Waals surface area contributed by atoms with Gasteiger partial charge in [0.05, 0.1) is 11.2 Å². The molecule has 0 unspecified atom stereocenters. The van der Waals surface area contributed by atoms with Gasteiger partial charge in [0.25, 0.3) is 0 Å². The largest absolute Gasteiger partial charge is 0.344 e. The maximum atomic E-state index is 13.8. The van der Waals surface area contributed by atoms with Gasteiger partial charge >= 0.3 is 0 Å². The van der Waals surface area contributed by atoms with Crippen LogP contribution in [-0.4, -0.2) is 21.6 Å². The first-order valence-electron chi connectivity index (χ1n) is 7.05. The summed E-state index contributed by atoms with van der Waals surface area (Å²) in [6, 6.07) is 14.6. The molecular formula is C17H12BrFN4. The van der Waals surface area contributed by atoms with Crippen LogP contribution in [0.4, 0.5) is 15.8 Å². The molecule has 0 saturated heterocycles. The van der Waals surface area contributed by atoms with Crippen LogP contribution < -0.4 is 4.90 Å². The third kappa shape index (κ3) is 2.35. The van der Waals surface area contributed by atoms with Crippen LogP contribution in [0, 0.1) is 5.82 Å². The highest BCUT2D eigenvalue weighted by Gasteiger charge is 2.13. The Morgan fingerprint density at radius 1 is 1.13 bits per heavy atom. The monoisotopic (exact) mass is 370 g/mol. The van der Waals surface area contributed by atoms with E-state index in [1.165, 1.54) is 6.07 Å². The SMILES string of the molecule is CN(c1cccc(Br)c1)c1cc2nncn2c2ccc(F)cc12. The van der Waals surface area contributed by atoms with Crippen LogP contribution in [0.25, 0.3) is 16.6 Å². The minimum atomic E-state index is -0.270. The van der Waals surface area contributed by atoms with Crippen LogP contribution in [-0.2, 0) is 0 Å². The summed E-state index contributed by atoms with van der Waals surface area (Å²) in [4.78, 5) is 2.02. The van der Waals surface area contributed by atoms with E-state index in [-0.39, 0.29) is 5.82 Å². The molecule has 2 heterocycles. The van der Waals surface area contributed by atoms with Crippen molar-refractivity contribution in [3.05, 3.63) is 65.1 Å². The van der Waals surface area contributed by atoms with Gasteiger partial charge in [-0.15, -0.1) is 10.2 Å². The Bertz CT molecular complexity index is 1030. The fourth-order valence-electron chi connectivity index (χ4n) is 2.75. The fraction of sp³-hybridized carbons (Fsp3) is 0.0588. The molecule has 0 bridgehead atoms. The van der Waals surface area contributed by atoms with Gasteiger partial charge < -0.3 is 4.90 Å². The Kier molecular flexibility index (Phi) is 3.27. The van der Waals surface area contributed by atoms with Crippen molar-refractivity contribution in [1.29, 1.82) is 0 Å². The molecule has 0 fully saturated rings. The van der Waals surface area contributed by atoms with Gasteiger partial charge in [-0.2, -0.15) is 0 Å². The Morgan fingerprint density at radius 3 is 2.83 bits per heavy atom. The van der Waals surface area contributed by atoms with Gasteiger partial charge in [0.1, 0.15) is 12.1 Å². The summed E-state index contributed by atoms with van der Waals surface area (Å²) in [6.45, 7) is 0. The van der Waals surface area contributed by atoms with Gasteiger partial charge in [-0.05, 0) is 36.4 Å². The predicted molar refractivity (Wildman–Crippen MR) is 92.7 cm³/mol. The molecule has 2 aromatic heterocycles. The molecule has 4 nitrogen and oxygen atoms in total. The van der Waals surface area contributed by atoms with E-state index < -0.39 is 0 Å². The predicted octanol–water partition coefficient (Wildman–Crippen LogP) is 4.55. The second-order valence-corrected chi connectivity index (χ2v) is 6.20. The Balaban J connectivity index is 2.02. The summed E-state index contributed by atoms with van der Waals surface area (Å²) in [5.41, 5.74) is 3.46. The lowest BCUT2D eigenvalue weighted by Gasteiger charge is -2.22. The van der Waals surface area contributed by atoms with Crippen molar-refractivity contribution < 1.29 is 4.39 Å². The number of aromatic nitrogens is 3. The smallest absolute Gasteiger partial charge is 0.163 e. The van der Waals surface area contributed by atoms with Crippen LogP contribution in [0.15, 0.2) is 59.3 Å². The second-order valence-electron chi connectivity index (χ2n) is 5.29. The number of pyridine rings is 1. The van der Waals surface area contributed by atoms with Crippen molar-refractivity contribution >= 4 is 43.9 Å². The molecule has 0 radical (unpaired) electrons. The van der Waals surface area contributed by atoms with Gasteiger partial charge in [0.2, 0.25) is 0 Å². The molecule has 0 aliphatic heterocycles. The minimum Gasteiger partial charge on any atom is -0.344 e. The van der Waals surface area contributed by atoms with Crippen molar-refractivity contribution in [1.82, 2.24) is 14.6 Å². The zero-order chi connectivity index (χ0) is 16.0. The molecule has 4 rings (SSSR count). The van der Waals surface area contributed by atoms with E-state index in [2.05, 4.69) is 26.1 Å². The van der Waals surface area contributed by atoms with Crippen LogP contribution >= 0.6 is 15.9 Å². The van der Waals surface area contributed by atoms with Gasteiger partial charge in [0.15, 0.2) is 5.65 Å². The summed E-state index contributed by atoms with van der Waals surface area (Å²) in [7, 11) is 1.95. The Hall–Kier alpha value is -2.47. The maximum absolute atomic E-state index is 13.8. The molecule has 0 saturated carbocycles. The molecule has 114 valence electrons. The Labute approximate surface area is 140 Å². The van der Waals surface area contributed by atoms with Gasteiger partial charge in [-0.3, -0.25) is 4.40 Å². The zero-order valence-corrected chi connectivity index (χ0v) is 13.8. The molecule has 0 N–H and O–H groups in total. The number of hydrogen-bond donors (Lipinski definition) is 0. The van der Waals surface area contributed by atoms with E-state index in [1.807, 2.05) is 46.7 Å². The van der Waals surface area contributed by atoms with Gasteiger partial charge in [0, 0.05) is 28.7 Å². The normalized spacial score (nSPS) is 11.3. The van der Waals surface area contributed by atoms with Crippen molar-refractivity contribution in [2.75, 3.05) is 11.9 Å². The van der Waals surface area contributed by atoms with Gasteiger partial charge in [-0.1, -0.05) is 22.0 Å². The van der Waals surface area contributed by atoms with Crippen molar-refractivity contribution in [3.63, 3.8) is 0 Å². The van der Waals surface area contributed by atoms with E-state index in [4.69, 9.17) is 0 Å². The van der Waals surface area contributed by atoms with Crippen LogP contribution in [0.2, 0.25) is 0 Å². The molecule has 0 aliphatic carbocycles. The molecule has 4 aromatic rings. The molecule has 0 amide bonds. The van der Waals surface area contributed by atoms with E-state index >= 15 is 0 Å². The van der Waals surface area contributed by atoms with Crippen molar-refractivity contribution in [2.45, 2.75) is 0 Å². The second kappa shape index (κ2) is 5.31. The number of fused-ring (bicyclic) bond motifs is 3. The molecule has 2 aromatic carbocycles. The molecule has 23 heavy (non-hydrogen) atoms. The summed E-state index contributed by atoms with van der Waals surface area (Å²) in [5.74, 6) is -0.270. The zero-order valence-electron chi connectivity index (χ0n) is 12.2. The van der Waals surface area contributed by atoms with E-state index in [0.29, 0.717) is 0 Å². The fourth-order valence-corrected chi connectivity index (χ4v) is 3.14. The number of halogens is 2. The lowest BCUT2D eigenvalue weighted by Crippen LogP contribution is -2.10. The minimum absolute atomic E-state index is 0.270. The number of anilines is 2. The first kappa shape index (κ1) is 14.1. The average Bonchev–Trinajstić information content (AvgIpc) is 3.01. The molecule has 0 spiro atoms. The van der Waals surface area contributed by atoms with Crippen LogP contribution in [0.1, 0.15) is 0 Å². The average molecular weight is 371 g/mol. The number of hydrogen-bond acceptors (Lipinski definition) is 3. The highest BCUT2D eigenvalue weighted by atomic mass is 79.9. The molecule has 0 aliphatic rings. The lowest BCUT2D eigenvalue weighted by atomic mass is 10.1. The van der Waals surface area contributed by atoms with E-state index in [9.17, 15) is 4.39 Å². The first-order valence-corrected chi connectivity index (χ1v) is 7.84. The summed E-state index contributed by atoms with van der Waals surface area (Å²) in [5, 5.41) is 8.89. The highest BCUT2D eigenvalue weighted by molar-refractivity contribution is 9.10. The molecule has 0 atom stereocenters. The third-order valence-electron chi connectivity index (χ3n) is 3.89. The van der Waals surface area contributed by atoms with E-state index in [0.717, 1.165) is 32.4 Å².